The Morgan fingerprint density at radius 2 is 2.21 bits per heavy atom. The molecule has 6 heteroatoms. The number of hydrogen-bond donors (Lipinski definition) is 1. The maximum absolute atomic E-state index is 11.2. The smallest absolute Gasteiger partial charge is 0.373 e. The lowest BCUT2D eigenvalue weighted by Crippen LogP contribution is -2.21. The minimum absolute atomic E-state index is 0.143. The summed E-state index contributed by atoms with van der Waals surface area (Å²) in [6.07, 6.45) is 4.54. The van der Waals surface area contributed by atoms with Crippen molar-refractivity contribution in [3.63, 3.8) is 0 Å². The molecule has 0 amide bonds. The van der Waals surface area contributed by atoms with Gasteiger partial charge in [0.15, 0.2) is 6.61 Å². The molecule has 0 radical (unpaired) electrons. The van der Waals surface area contributed by atoms with Crippen LogP contribution in [-0.2, 0) is 16.2 Å². The summed E-state index contributed by atoms with van der Waals surface area (Å²) in [6, 6.07) is 3.18. The van der Waals surface area contributed by atoms with Gasteiger partial charge in [0.05, 0.1) is 7.11 Å². The highest BCUT2D eigenvalue weighted by molar-refractivity contribution is 5.86. The van der Waals surface area contributed by atoms with Crippen LogP contribution in [0, 0.1) is 5.92 Å². The Kier molecular flexibility index (Phi) is 4.43. The highest BCUT2D eigenvalue weighted by Crippen LogP contribution is 2.24. The van der Waals surface area contributed by atoms with E-state index in [2.05, 4.69) is 9.89 Å². The van der Waals surface area contributed by atoms with Crippen LogP contribution in [0.2, 0.25) is 0 Å². The lowest BCUT2D eigenvalue weighted by atomic mass is 10.1. The summed E-state index contributed by atoms with van der Waals surface area (Å²) in [5.41, 5.74) is 5.84. The molecule has 2 rings (SSSR count). The van der Waals surface area contributed by atoms with Gasteiger partial charge in [-0.2, -0.15) is 0 Å². The van der Waals surface area contributed by atoms with Gasteiger partial charge in [-0.05, 0) is 25.0 Å². The first-order valence-electron chi connectivity index (χ1n) is 6.33. The van der Waals surface area contributed by atoms with Crippen LogP contribution in [0.4, 0.5) is 0 Å². The number of hydrogen-bond acceptors (Lipinski definition) is 5. The Balaban J connectivity index is 1.83. The molecule has 0 unspecified atom stereocenters. The van der Waals surface area contributed by atoms with Gasteiger partial charge in [0.25, 0.3) is 0 Å². The highest BCUT2D eigenvalue weighted by atomic mass is 16.6. The zero-order chi connectivity index (χ0) is 13.7. The van der Waals surface area contributed by atoms with Crippen LogP contribution < -0.4 is 5.73 Å². The molecule has 1 fully saturated rings. The number of ether oxygens (including phenoxy) is 1. The molecular weight excluding hydrogens is 248 g/mol. The molecule has 0 spiro atoms. The van der Waals surface area contributed by atoms with Crippen molar-refractivity contribution in [3.05, 3.63) is 23.7 Å². The van der Waals surface area contributed by atoms with E-state index in [1.165, 1.54) is 26.0 Å². The Morgan fingerprint density at radius 1 is 1.47 bits per heavy atom. The zero-order valence-corrected chi connectivity index (χ0v) is 10.9. The van der Waals surface area contributed by atoms with Crippen molar-refractivity contribution in [1.82, 2.24) is 0 Å². The van der Waals surface area contributed by atoms with Crippen LogP contribution in [0.25, 0.3) is 0 Å². The molecule has 0 aliphatic heterocycles. The van der Waals surface area contributed by atoms with Crippen LogP contribution in [-0.4, -0.2) is 18.9 Å². The minimum atomic E-state index is -0.514. The number of esters is 1. The molecule has 6 nitrogen and oxygen atoms in total. The lowest BCUT2D eigenvalue weighted by molar-refractivity contribution is 0.0553. The van der Waals surface area contributed by atoms with Crippen molar-refractivity contribution in [2.24, 2.45) is 16.8 Å². The van der Waals surface area contributed by atoms with E-state index in [0.29, 0.717) is 17.5 Å². The van der Waals surface area contributed by atoms with Gasteiger partial charge in [-0.15, -0.1) is 0 Å². The predicted octanol–water partition coefficient (Wildman–Crippen LogP) is 2.05. The number of nitrogens with two attached hydrogens (primary N) is 1. The molecule has 1 heterocycles. The van der Waals surface area contributed by atoms with Gasteiger partial charge in [-0.1, -0.05) is 18.0 Å². The van der Waals surface area contributed by atoms with Crippen molar-refractivity contribution in [3.8, 4) is 0 Å². The summed E-state index contributed by atoms with van der Waals surface area (Å²) < 4.78 is 9.77. The molecule has 0 atom stereocenters. The van der Waals surface area contributed by atoms with Crippen molar-refractivity contribution in [2.75, 3.05) is 7.11 Å². The number of carbonyl (C=O) groups excluding carboxylic acids is 1. The fourth-order valence-electron chi connectivity index (χ4n) is 2.13. The number of rotatable bonds is 5. The van der Waals surface area contributed by atoms with Gasteiger partial charge in [0, 0.05) is 5.92 Å². The van der Waals surface area contributed by atoms with Crippen molar-refractivity contribution in [2.45, 2.75) is 32.3 Å². The molecule has 0 aromatic carbocycles. The van der Waals surface area contributed by atoms with Gasteiger partial charge >= 0.3 is 5.97 Å². The molecular formula is C13H18N2O4. The quantitative estimate of drug-likeness (QED) is 0.381. The average Bonchev–Trinajstić information content (AvgIpc) is 3.08. The SMILES string of the molecule is COC(=O)c1ccc(CO/N=C(/N)C2CCCC2)o1. The largest absolute Gasteiger partial charge is 0.463 e. The molecule has 1 aromatic rings. The van der Waals surface area contributed by atoms with Crippen molar-refractivity contribution in [1.29, 1.82) is 0 Å². The molecule has 1 saturated carbocycles. The molecule has 1 aliphatic carbocycles. The maximum Gasteiger partial charge on any atom is 0.373 e. The second kappa shape index (κ2) is 6.26. The summed E-state index contributed by atoms with van der Waals surface area (Å²) in [5, 5.41) is 3.89. The van der Waals surface area contributed by atoms with Crippen LogP contribution in [0.1, 0.15) is 42.0 Å². The van der Waals surface area contributed by atoms with Gasteiger partial charge in [0.1, 0.15) is 11.6 Å². The Hall–Kier alpha value is -1.98. The highest BCUT2D eigenvalue weighted by Gasteiger charge is 2.19. The van der Waals surface area contributed by atoms with Gasteiger partial charge in [-0.3, -0.25) is 0 Å². The number of furan rings is 1. The fraction of sp³-hybridized carbons (Fsp3) is 0.538. The third-order valence-corrected chi connectivity index (χ3v) is 3.20. The minimum Gasteiger partial charge on any atom is -0.463 e. The predicted molar refractivity (Wildman–Crippen MR) is 68.4 cm³/mol. The summed E-state index contributed by atoms with van der Waals surface area (Å²) in [6.45, 7) is 0.143. The maximum atomic E-state index is 11.2. The third kappa shape index (κ3) is 3.49. The molecule has 0 bridgehead atoms. The van der Waals surface area contributed by atoms with E-state index in [9.17, 15) is 4.79 Å². The van der Waals surface area contributed by atoms with E-state index in [1.807, 2.05) is 0 Å². The monoisotopic (exact) mass is 266 g/mol. The first-order valence-corrected chi connectivity index (χ1v) is 6.33. The topological polar surface area (TPSA) is 87.0 Å². The summed E-state index contributed by atoms with van der Waals surface area (Å²) >= 11 is 0. The van der Waals surface area contributed by atoms with Gasteiger partial charge in [-0.25, -0.2) is 4.79 Å². The summed E-state index contributed by atoms with van der Waals surface area (Å²) in [7, 11) is 1.30. The molecule has 19 heavy (non-hydrogen) atoms. The Morgan fingerprint density at radius 3 is 2.89 bits per heavy atom. The first kappa shape index (κ1) is 13.5. The number of amidine groups is 1. The fourth-order valence-corrected chi connectivity index (χ4v) is 2.13. The van der Waals surface area contributed by atoms with Crippen molar-refractivity contribution >= 4 is 11.8 Å². The third-order valence-electron chi connectivity index (χ3n) is 3.20. The van der Waals surface area contributed by atoms with Crippen molar-refractivity contribution < 1.29 is 18.8 Å². The molecule has 2 N–H and O–H groups in total. The van der Waals surface area contributed by atoms with Gasteiger partial charge in [0.2, 0.25) is 5.76 Å². The van der Waals surface area contributed by atoms with Crippen LogP contribution >= 0.6 is 0 Å². The van der Waals surface area contributed by atoms with E-state index in [1.54, 1.807) is 6.07 Å². The Bertz CT molecular complexity index is 461. The normalized spacial score (nSPS) is 16.6. The Labute approximate surface area is 111 Å². The van der Waals surface area contributed by atoms with E-state index in [-0.39, 0.29) is 12.4 Å². The number of carbonyl (C=O) groups is 1. The summed E-state index contributed by atoms with van der Waals surface area (Å²) in [4.78, 5) is 16.3. The first-order chi connectivity index (χ1) is 9.20. The van der Waals surface area contributed by atoms with E-state index < -0.39 is 5.97 Å². The van der Waals surface area contributed by atoms with Crippen LogP contribution in [0.3, 0.4) is 0 Å². The average molecular weight is 266 g/mol. The molecule has 1 aliphatic rings. The van der Waals surface area contributed by atoms with E-state index >= 15 is 0 Å². The van der Waals surface area contributed by atoms with E-state index in [0.717, 1.165) is 12.8 Å². The lowest BCUT2D eigenvalue weighted by Gasteiger charge is -2.06. The molecule has 0 saturated heterocycles. The second-order valence-corrected chi connectivity index (χ2v) is 4.53. The standard InChI is InChI=1S/C13H18N2O4/c1-17-13(16)11-7-6-10(19-11)8-18-15-12(14)9-4-2-3-5-9/h6-7,9H,2-5,8H2,1H3,(H2,14,15). The molecule has 104 valence electrons. The van der Waals surface area contributed by atoms with Crippen LogP contribution in [0.15, 0.2) is 21.7 Å². The summed E-state index contributed by atoms with van der Waals surface area (Å²) in [5.74, 6) is 1.01. The van der Waals surface area contributed by atoms with Gasteiger partial charge < -0.3 is 19.7 Å². The number of methoxy groups -OCH3 is 1. The van der Waals surface area contributed by atoms with E-state index in [4.69, 9.17) is 15.0 Å². The molecule has 1 aromatic heterocycles. The second-order valence-electron chi connectivity index (χ2n) is 4.53. The zero-order valence-electron chi connectivity index (χ0n) is 10.9. The van der Waals surface area contributed by atoms with Crippen LogP contribution in [0.5, 0.6) is 0 Å². The number of oxime groups is 1. The number of nitrogens with zero attached hydrogens (tertiary/aromatic N) is 1.